The molecule has 0 unspecified atom stereocenters. The minimum Gasteiger partial charge on any atom is -0.473 e. The molecule has 0 bridgehead atoms. The van der Waals surface area contributed by atoms with Crippen molar-refractivity contribution in [1.29, 1.82) is 0 Å². The van der Waals surface area contributed by atoms with E-state index in [-0.39, 0.29) is 5.82 Å². The summed E-state index contributed by atoms with van der Waals surface area (Å²) in [6, 6.07) is 16.4. The number of rotatable bonds is 4. The molecule has 0 radical (unpaired) electrons. The average Bonchev–Trinajstić information content (AvgIpc) is 2.99. The number of hydrogen-bond donors (Lipinski definition) is 0. The summed E-state index contributed by atoms with van der Waals surface area (Å²) in [6.07, 6.45) is 0. The molecule has 0 saturated heterocycles. The zero-order valence-corrected chi connectivity index (χ0v) is 15.5. The van der Waals surface area contributed by atoms with Crippen LogP contribution in [0.25, 0.3) is 16.7 Å². The molecule has 0 atom stereocenters. The van der Waals surface area contributed by atoms with E-state index < -0.39 is 0 Å². The molecule has 4 aromatic rings. The Balaban J connectivity index is 1.71. The fraction of sp³-hybridized carbons (Fsp3) is 0.182. The summed E-state index contributed by atoms with van der Waals surface area (Å²) >= 11 is 0. The second kappa shape index (κ2) is 6.83. The van der Waals surface area contributed by atoms with Gasteiger partial charge in [0.25, 0.3) is 0 Å². The molecular formula is C22H20FN3O. The largest absolute Gasteiger partial charge is 0.473 e. The van der Waals surface area contributed by atoms with E-state index in [2.05, 4.69) is 24.2 Å². The minimum atomic E-state index is -0.258. The van der Waals surface area contributed by atoms with Crippen LogP contribution in [-0.4, -0.2) is 14.8 Å². The van der Waals surface area contributed by atoms with Gasteiger partial charge in [-0.05, 0) is 56.2 Å². The first-order chi connectivity index (χ1) is 13.0. The first-order valence-electron chi connectivity index (χ1n) is 8.82. The molecule has 5 heteroatoms. The van der Waals surface area contributed by atoms with Crippen LogP contribution in [0.4, 0.5) is 4.39 Å². The summed E-state index contributed by atoms with van der Waals surface area (Å²) in [5.74, 6) is 0.268. The Kier molecular flexibility index (Phi) is 4.36. The Bertz CT molecular complexity index is 1100. The molecule has 2 aromatic heterocycles. The van der Waals surface area contributed by atoms with Crippen LogP contribution in [-0.2, 0) is 6.61 Å². The third-order valence-corrected chi connectivity index (χ3v) is 4.56. The van der Waals surface area contributed by atoms with Gasteiger partial charge in [-0.1, -0.05) is 29.8 Å². The molecule has 2 aromatic carbocycles. The molecule has 27 heavy (non-hydrogen) atoms. The van der Waals surface area contributed by atoms with E-state index in [0.29, 0.717) is 12.5 Å². The summed E-state index contributed by atoms with van der Waals surface area (Å²) in [6.45, 7) is 6.40. The van der Waals surface area contributed by atoms with Gasteiger partial charge in [-0.2, -0.15) is 10.1 Å². The van der Waals surface area contributed by atoms with Gasteiger partial charge in [0.15, 0.2) is 5.65 Å². The van der Waals surface area contributed by atoms with Gasteiger partial charge < -0.3 is 4.74 Å². The fourth-order valence-corrected chi connectivity index (χ4v) is 3.15. The number of aromatic nitrogens is 3. The van der Waals surface area contributed by atoms with Gasteiger partial charge in [-0.15, -0.1) is 0 Å². The SMILES string of the molecule is Cc1ccc(-n2nc(C)c3c(C)cc(OCc4ccc(F)cc4)nc32)cc1. The molecule has 0 aliphatic carbocycles. The second-order valence-electron chi connectivity index (χ2n) is 6.72. The third-order valence-electron chi connectivity index (χ3n) is 4.56. The number of fused-ring (bicyclic) bond motifs is 1. The van der Waals surface area contributed by atoms with Gasteiger partial charge in [0.1, 0.15) is 12.4 Å². The maximum absolute atomic E-state index is 13.0. The van der Waals surface area contributed by atoms with Crippen molar-refractivity contribution in [3.05, 3.63) is 82.8 Å². The van der Waals surface area contributed by atoms with Crippen molar-refractivity contribution in [2.24, 2.45) is 0 Å². The van der Waals surface area contributed by atoms with Gasteiger partial charge in [0.2, 0.25) is 5.88 Å². The van der Waals surface area contributed by atoms with E-state index in [0.717, 1.165) is 33.5 Å². The maximum Gasteiger partial charge on any atom is 0.215 e. The quantitative estimate of drug-likeness (QED) is 0.510. The van der Waals surface area contributed by atoms with E-state index in [1.807, 2.05) is 36.7 Å². The van der Waals surface area contributed by atoms with Crippen LogP contribution in [0, 0.1) is 26.6 Å². The predicted octanol–water partition coefficient (Wildman–Crippen LogP) is 5.06. The number of halogens is 1. The summed E-state index contributed by atoms with van der Waals surface area (Å²) in [5, 5.41) is 5.71. The molecule has 0 saturated carbocycles. The van der Waals surface area contributed by atoms with Crippen LogP contribution in [0.2, 0.25) is 0 Å². The van der Waals surface area contributed by atoms with E-state index >= 15 is 0 Å². The lowest BCUT2D eigenvalue weighted by atomic mass is 10.1. The lowest BCUT2D eigenvalue weighted by Crippen LogP contribution is -2.01. The van der Waals surface area contributed by atoms with Gasteiger partial charge >= 0.3 is 0 Å². The van der Waals surface area contributed by atoms with Crippen LogP contribution in [0.3, 0.4) is 0 Å². The van der Waals surface area contributed by atoms with Crippen molar-refractivity contribution in [2.45, 2.75) is 27.4 Å². The molecule has 4 rings (SSSR count). The van der Waals surface area contributed by atoms with Crippen molar-refractivity contribution in [1.82, 2.24) is 14.8 Å². The Morgan fingerprint density at radius 1 is 0.963 bits per heavy atom. The summed E-state index contributed by atoms with van der Waals surface area (Å²) in [7, 11) is 0. The Morgan fingerprint density at radius 2 is 1.67 bits per heavy atom. The number of nitrogens with zero attached hydrogens (tertiary/aromatic N) is 3. The molecular weight excluding hydrogens is 341 g/mol. The van der Waals surface area contributed by atoms with Crippen molar-refractivity contribution >= 4 is 11.0 Å². The summed E-state index contributed by atoms with van der Waals surface area (Å²) < 4.78 is 20.8. The Labute approximate surface area is 157 Å². The molecule has 0 aliphatic rings. The lowest BCUT2D eigenvalue weighted by Gasteiger charge is -2.09. The van der Waals surface area contributed by atoms with Crippen LogP contribution < -0.4 is 4.74 Å². The Morgan fingerprint density at radius 3 is 2.37 bits per heavy atom. The first-order valence-corrected chi connectivity index (χ1v) is 8.82. The highest BCUT2D eigenvalue weighted by Crippen LogP contribution is 2.27. The maximum atomic E-state index is 13.0. The zero-order valence-electron chi connectivity index (χ0n) is 15.5. The second-order valence-corrected chi connectivity index (χ2v) is 6.72. The Hall–Kier alpha value is -3.21. The van der Waals surface area contributed by atoms with Crippen LogP contribution in [0.15, 0.2) is 54.6 Å². The highest BCUT2D eigenvalue weighted by molar-refractivity contribution is 5.83. The number of hydrogen-bond acceptors (Lipinski definition) is 3. The van der Waals surface area contributed by atoms with E-state index in [4.69, 9.17) is 9.72 Å². The standard InChI is InChI=1S/C22H20FN3O/c1-14-4-10-19(11-5-14)26-22-21(16(3)25-26)15(2)12-20(24-22)27-13-17-6-8-18(23)9-7-17/h4-12H,13H2,1-3H3. The molecule has 0 aliphatic heterocycles. The predicted molar refractivity (Wildman–Crippen MR) is 104 cm³/mol. The van der Waals surface area contributed by atoms with Crippen LogP contribution in [0.1, 0.15) is 22.4 Å². The number of pyridine rings is 1. The highest BCUT2D eigenvalue weighted by Gasteiger charge is 2.15. The van der Waals surface area contributed by atoms with Gasteiger partial charge in [0.05, 0.1) is 11.4 Å². The van der Waals surface area contributed by atoms with Crippen LogP contribution >= 0.6 is 0 Å². The molecule has 136 valence electrons. The number of aryl methyl sites for hydroxylation is 3. The fourth-order valence-electron chi connectivity index (χ4n) is 3.15. The molecule has 0 N–H and O–H groups in total. The van der Waals surface area contributed by atoms with Crippen molar-refractivity contribution in [3.63, 3.8) is 0 Å². The molecule has 0 spiro atoms. The van der Waals surface area contributed by atoms with E-state index in [1.54, 1.807) is 12.1 Å². The first kappa shape index (κ1) is 17.2. The summed E-state index contributed by atoms with van der Waals surface area (Å²) in [5.41, 5.74) is 5.80. The van der Waals surface area contributed by atoms with E-state index in [1.165, 1.54) is 17.7 Å². The van der Waals surface area contributed by atoms with Gasteiger partial charge in [-0.25, -0.2) is 9.07 Å². The molecule has 4 nitrogen and oxygen atoms in total. The zero-order chi connectivity index (χ0) is 19.0. The molecule has 0 amide bonds. The van der Waals surface area contributed by atoms with Gasteiger partial charge in [0, 0.05) is 11.5 Å². The third kappa shape index (κ3) is 3.40. The normalized spacial score (nSPS) is 11.1. The minimum absolute atomic E-state index is 0.258. The smallest absolute Gasteiger partial charge is 0.215 e. The number of ether oxygens (including phenoxy) is 1. The summed E-state index contributed by atoms with van der Waals surface area (Å²) in [4.78, 5) is 4.69. The highest BCUT2D eigenvalue weighted by atomic mass is 19.1. The average molecular weight is 361 g/mol. The monoisotopic (exact) mass is 361 g/mol. The lowest BCUT2D eigenvalue weighted by molar-refractivity contribution is 0.294. The molecule has 0 fully saturated rings. The van der Waals surface area contributed by atoms with Crippen LogP contribution in [0.5, 0.6) is 5.88 Å². The van der Waals surface area contributed by atoms with Crippen molar-refractivity contribution in [3.8, 4) is 11.6 Å². The molecule has 2 heterocycles. The van der Waals surface area contributed by atoms with Gasteiger partial charge in [-0.3, -0.25) is 0 Å². The number of benzene rings is 2. The topological polar surface area (TPSA) is 39.9 Å². The van der Waals surface area contributed by atoms with E-state index in [9.17, 15) is 4.39 Å². The van der Waals surface area contributed by atoms with Crippen molar-refractivity contribution in [2.75, 3.05) is 0 Å². The van der Waals surface area contributed by atoms with Crippen molar-refractivity contribution < 1.29 is 9.13 Å².